The second-order valence-corrected chi connectivity index (χ2v) is 10.1. The average Bonchev–Trinajstić information content (AvgIpc) is 2.94. The number of esters is 1. The Bertz CT molecular complexity index is 1610. The van der Waals surface area contributed by atoms with E-state index < -0.39 is 21.9 Å². The van der Waals surface area contributed by atoms with Crippen molar-refractivity contribution in [1.29, 1.82) is 0 Å². The van der Waals surface area contributed by atoms with Gasteiger partial charge >= 0.3 is 5.97 Å². The first-order chi connectivity index (χ1) is 18.7. The molecule has 0 bridgehead atoms. The van der Waals surface area contributed by atoms with Crippen LogP contribution in [0.15, 0.2) is 107 Å². The molecule has 9 nitrogen and oxygen atoms in total. The standard InChI is InChI=1S/C28H22ClN3O6S/c1-37-26-17-19(7-16-25(26)38-28(34)21-5-3-2-4-6-21)18-30-31-27(33)20-8-12-23(13-9-20)32-39(35,36)24-14-10-22(29)11-15-24/h2-18,32H,1H3,(H,31,33)/b30-18-. The number of hydrogen-bond donors (Lipinski definition) is 2. The number of nitrogens with zero attached hydrogens (tertiary/aromatic N) is 1. The Hall–Kier alpha value is -4.67. The Labute approximate surface area is 230 Å². The second-order valence-electron chi connectivity index (χ2n) is 8.00. The molecule has 4 aromatic carbocycles. The van der Waals surface area contributed by atoms with E-state index in [0.717, 1.165) is 0 Å². The van der Waals surface area contributed by atoms with Gasteiger partial charge in [-0.25, -0.2) is 18.6 Å². The van der Waals surface area contributed by atoms with Crippen LogP contribution in [-0.2, 0) is 10.0 Å². The van der Waals surface area contributed by atoms with Crippen molar-refractivity contribution < 1.29 is 27.5 Å². The lowest BCUT2D eigenvalue weighted by molar-refractivity contribution is 0.0729. The van der Waals surface area contributed by atoms with E-state index >= 15 is 0 Å². The second kappa shape index (κ2) is 12.2. The smallest absolute Gasteiger partial charge is 0.343 e. The number of benzene rings is 4. The topological polar surface area (TPSA) is 123 Å². The van der Waals surface area contributed by atoms with Crippen LogP contribution in [0.1, 0.15) is 26.3 Å². The molecular weight excluding hydrogens is 542 g/mol. The van der Waals surface area contributed by atoms with Crippen molar-refractivity contribution in [3.63, 3.8) is 0 Å². The average molecular weight is 564 g/mol. The zero-order valence-corrected chi connectivity index (χ0v) is 22.1. The molecule has 0 aliphatic carbocycles. The van der Waals surface area contributed by atoms with Gasteiger partial charge in [0.25, 0.3) is 15.9 Å². The quantitative estimate of drug-likeness (QED) is 0.126. The van der Waals surface area contributed by atoms with Crippen LogP contribution in [0.3, 0.4) is 0 Å². The minimum atomic E-state index is -3.81. The number of carbonyl (C=O) groups is 2. The fourth-order valence-electron chi connectivity index (χ4n) is 3.33. The van der Waals surface area contributed by atoms with Gasteiger partial charge < -0.3 is 9.47 Å². The van der Waals surface area contributed by atoms with Crippen LogP contribution in [0.2, 0.25) is 5.02 Å². The molecule has 11 heteroatoms. The van der Waals surface area contributed by atoms with Crippen molar-refractivity contribution in [2.45, 2.75) is 4.90 Å². The zero-order valence-electron chi connectivity index (χ0n) is 20.5. The first-order valence-electron chi connectivity index (χ1n) is 11.4. The first kappa shape index (κ1) is 27.4. The molecular formula is C28H22ClN3O6S. The summed E-state index contributed by atoms with van der Waals surface area (Å²) in [5.74, 6) is -0.476. The van der Waals surface area contributed by atoms with Crippen LogP contribution in [0, 0.1) is 0 Å². The van der Waals surface area contributed by atoms with Gasteiger partial charge in [-0.05, 0) is 84.4 Å². The summed E-state index contributed by atoms with van der Waals surface area (Å²) in [7, 11) is -2.37. The van der Waals surface area contributed by atoms with E-state index in [4.69, 9.17) is 21.1 Å². The Morgan fingerprint density at radius 3 is 2.21 bits per heavy atom. The number of hydrazone groups is 1. The highest BCUT2D eigenvalue weighted by atomic mass is 35.5. The number of methoxy groups -OCH3 is 1. The number of halogens is 1. The number of anilines is 1. The molecule has 0 saturated heterocycles. The summed E-state index contributed by atoms with van der Waals surface area (Å²) >= 11 is 5.81. The molecule has 0 aromatic heterocycles. The van der Waals surface area contributed by atoms with Gasteiger partial charge in [-0.2, -0.15) is 5.10 Å². The normalized spacial score (nSPS) is 11.1. The van der Waals surface area contributed by atoms with E-state index in [1.54, 1.807) is 48.5 Å². The molecule has 0 spiro atoms. The van der Waals surface area contributed by atoms with Gasteiger partial charge in [0.1, 0.15) is 0 Å². The van der Waals surface area contributed by atoms with E-state index in [0.29, 0.717) is 21.9 Å². The van der Waals surface area contributed by atoms with E-state index in [1.165, 1.54) is 61.9 Å². The van der Waals surface area contributed by atoms with Crippen LogP contribution < -0.4 is 19.6 Å². The van der Waals surface area contributed by atoms with Crippen LogP contribution in [0.5, 0.6) is 11.5 Å². The lowest BCUT2D eigenvalue weighted by atomic mass is 10.2. The molecule has 0 radical (unpaired) electrons. The van der Waals surface area contributed by atoms with Gasteiger partial charge in [-0.1, -0.05) is 29.8 Å². The molecule has 0 saturated carbocycles. The molecule has 4 rings (SSSR count). The Balaban J connectivity index is 1.36. The molecule has 1 amide bonds. The minimum Gasteiger partial charge on any atom is -0.493 e. The number of hydrogen-bond acceptors (Lipinski definition) is 7. The monoisotopic (exact) mass is 563 g/mol. The molecule has 2 N–H and O–H groups in total. The predicted octanol–water partition coefficient (Wildman–Crippen LogP) is 5.13. The van der Waals surface area contributed by atoms with Crippen molar-refractivity contribution in [3.8, 4) is 11.5 Å². The summed E-state index contributed by atoms with van der Waals surface area (Å²) in [5.41, 5.74) is 3.94. The summed E-state index contributed by atoms with van der Waals surface area (Å²) < 4.78 is 38.2. The Morgan fingerprint density at radius 1 is 0.846 bits per heavy atom. The highest BCUT2D eigenvalue weighted by Crippen LogP contribution is 2.28. The van der Waals surface area contributed by atoms with Gasteiger partial charge in [0.05, 0.1) is 23.8 Å². The highest BCUT2D eigenvalue weighted by molar-refractivity contribution is 7.92. The molecule has 0 atom stereocenters. The summed E-state index contributed by atoms with van der Waals surface area (Å²) in [4.78, 5) is 24.8. The molecule has 0 aliphatic heterocycles. The molecule has 0 unspecified atom stereocenters. The van der Waals surface area contributed by atoms with E-state index in [2.05, 4.69) is 15.2 Å². The maximum atomic E-state index is 12.5. The van der Waals surface area contributed by atoms with Crippen molar-refractivity contribution in [2.75, 3.05) is 11.8 Å². The van der Waals surface area contributed by atoms with E-state index in [1.807, 2.05) is 0 Å². The molecule has 4 aromatic rings. The SMILES string of the molecule is COc1cc(/C=N\NC(=O)c2ccc(NS(=O)(=O)c3ccc(Cl)cc3)cc2)ccc1OC(=O)c1ccccc1. The maximum absolute atomic E-state index is 12.5. The Morgan fingerprint density at radius 2 is 1.54 bits per heavy atom. The van der Waals surface area contributed by atoms with Crippen LogP contribution in [0.25, 0.3) is 0 Å². The van der Waals surface area contributed by atoms with E-state index in [9.17, 15) is 18.0 Å². The largest absolute Gasteiger partial charge is 0.493 e. The van der Waals surface area contributed by atoms with Crippen molar-refractivity contribution in [1.82, 2.24) is 5.43 Å². The summed E-state index contributed by atoms with van der Waals surface area (Å²) in [6, 6.07) is 25.0. The summed E-state index contributed by atoms with van der Waals surface area (Å²) in [6.07, 6.45) is 1.40. The maximum Gasteiger partial charge on any atom is 0.343 e. The van der Waals surface area contributed by atoms with Crippen LogP contribution in [0.4, 0.5) is 5.69 Å². The number of nitrogens with one attached hydrogen (secondary N) is 2. The summed E-state index contributed by atoms with van der Waals surface area (Å²) in [5, 5.41) is 4.37. The first-order valence-corrected chi connectivity index (χ1v) is 13.3. The van der Waals surface area contributed by atoms with Gasteiger partial charge in [0, 0.05) is 16.3 Å². The molecule has 0 fully saturated rings. The highest BCUT2D eigenvalue weighted by Gasteiger charge is 2.15. The number of sulfonamides is 1. The summed E-state index contributed by atoms with van der Waals surface area (Å²) in [6.45, 7) is 0. The molecule has 39 heavy (non-hydrogen) atoms. The van der Waals surface area contributed by atoms with Gasteiger partial charge in [0.15, 0.2) is 11.5 Å². The van der Waals surface area contributed by atoms with Crippen LogP contribution >= 0.6 is 11.6 Å². The fourth-order valence-corrected chi connectivity index (χ4v) is 4.51. The number of ether oxygens (including phenoxy) is 2. The number of rotatable bonds is 9. The third kappa shape index (κ3) is 7.22. The van der Waals surface area contributed by atoms with E-state index in [-0.39, 0.29) is 21.9 Å². The fraction of sp³-hybridized carbons (Fsp3) is 0.0357. The third-order valence-electron chi connectivity index (χ3n) is 5.30. The van der Waals surface area contributed by atoms with Crippen molar-refractivity contribution in [3.05, 3.63) is 119 Å². The minimum absolute atomic E-state index is 0.0575. The predicted molar refractivity (Wildman–Crippen MR) is 148 cm³/mol. The van der Waals surface area contributed by atoms with Crippen LogP contribution in [-0.4, -0.2) is 33.6 Å². The number of carbonyl (C=O) groups excluding carboxylic acids is 2. The number of amides is 1. The molecule has 0 aliphatic rings. The van der Waals surface area contributed by atoms with Gasteiger partial charge in [-0.15, -0.1) is 0 Å². The van der Waals surface area contributed by atoms with Crippen molar-refractivity contribution >= 4 is 45.4 Å². The molecule has 0 heterocycles. The Kier molecular flexibility index (Phi) is 8.60. The lowest BCUT2D eigenvalue weighted by Gasteiger charge is -2.10. The zero-order chi connectivity index (χ0) is 27.8. The lowest BCUT2D eigenvalue weighted by Crippen LogP contribution is -2.18. The van der Waals surface area contributed by atoms with Gasteiger partial charge in [0.2, 0.25) is 0 Å². The third-order valence-corrected chi connectivity index (χ3v) is 6.95. The molecule has 198 valence electrons. The van der Waals surface area contributed by atoms with Gasteiger partial charge in [-0.3, -0.25) is 9.52 Å². The van der Waals surface area contributed by atoms with Crippen molar-refractivity contribution in [2.24, 2.45) is 5.10 Å².